The number of aryl methyl sites for hydroxylation is 2. The van der Waals surface area contributed by atoms with E-state index in [9.17, 15) is 4.39 Å². The first-order valence-corrected chi connectivity index (χ1v) is 6.94. The van der Waals surface area contributed by atoms with Gasteiger partial charge in [0, 0.05) is 5.56 Å². The van der Waals surface area contributed by atoms with E-state index in [2.05, 4.69) is 0 Å². The van der Waals surface area contributed by atoms with E-state index in [0.29, 0.717) is 19.8 Å². The summed E-state index contributed by atoms with van der Waals surface area (Å²) in [5, 5.41) is 0. The molecule has 5 heteroatoms. The number of thiophene rings is 1. The molecular weight excluding hydrogens is 292 g/mol. The highest BCUT2D eigenvalue weighted by Gasteiger charge is 2.17. The normalized spacial score (nSPS) is 12.8. The molecule has 0 bridgehead atoms. The van der Waals surface area contributed by atoms with Gasteiger partial charge in [0.25, 0.3) is 0 Å². The molecule has 0 aliphatic rings. The van der Waals surface area contributed by atoms with Crippen LogP contribution in [0, 0.1) is 19.7 Å². The number of halogens is 3. The largest absolute Gasteiger partial charge is 0.320 e. The Balaban J connectivity index is 2.46. The van der Waals surface area contributed by atoms with E-state index in [0.717, 1.165) is 11.1 Å². The van der Waals surface area contributed by atoms with Gasteiger partial charge >= 0.3 is 0 Å². The molecule has 2 rings (SSSR count). The summed E-state index contributed by atoms with van der Waals surface area (Å²) in [6, 6.07) is 4.86. The van der Waals surface area contributed by atoms with Crippen molar-refractivity contribution in [2.45, 2.75) is 19.9 Å². The highest BCUT2D eigenvalue weighted by molar-refractivity contribution is 7.20. The minimum Gasteiger partial charge on any atom is -0.320 e. The Bertz CT molecular complexity index is 572. The van der Waals surface area contributed by atoms with Gasteiger partial charge in [0.15, 0.2) is 0 Å². The molecule has 1 heterocycles. The number of benzene rings is 1. The molecule has 18 heavy (non-hydrogen) atoms. The van der Waals surface area contributed by atoms with Gasteiger partial charge in [0.1, 0.15) is 5.82 Å². The quantitative estimate of drug-likeness (QED) is 0.842. The lowest BCUT2D eigenvalue weighted by Crippen LogP contribution is -2.12. The molecule has 0 radical (unpaired) electrons. The van der Waals surface area contributed by atoms with Gasteiger partial charge in [-0.05, 0) is 36.6 Å². The topological polar surface area (TPSA) is 26.0 Å². The molecule has 0 amide bonds. The number of rotatable bonds is 2. The predicted octanol–water partition coefficient (Wildman–Crippen LogP) is 4.86. The minimum atomic E-state index is -0.390. The molecule has 2 N–H and O–H groups in total. The molecule has 0 fully saturated rings. The van der Waals surface area contributed by atoms with Crippen LogP contribution in [0.4, 0.5) is 4.39 Å². The second kappa shape index (κ2) is 5.17. The third kappa shape index (κ3) is 2.54. The maximum absolute atomic E-state index is 13.6. The van der Waals surface area contributed by atoms with Gasteiger partial charge in [0.05, 0.1) is 14.7 Å². The average molecular weight is 304 g/mol. The molecule has 0 aliphatic heterocycles. The maximum Gasteiger partial charge on any atom is 0.129 e. The molecular formula is C13H12Cl2FNS. The van der Waals surface area contributed by atoms with Crippen molar-refractivity contribution in [3.05, 3.63) is 54.9 Å². The zero-order valence-electron chi connectivity index (χ0n) is 9.93. The van der Waals surface area contributed by atoms with Crippen molar-refractivity contribution in [3.63, 3.8) is 0 Å². The summed E-state index contributed by atoms with van der Waals surface area (Å²) < 4.78 is 14.7. The SMILES string of the molecule is Cc1cc(C(N)c2cc(Cl)sc2Cl)cc(C)c1F. The van der Waals surface area contributed by atoms with E-state index in [1.165, 1.54) is 11.3 Å². The van der Waals surface area contributed by atoms with Crippen LogP contribution in [0.3, 0.4) is 0 Å². The van der Waals surface area contributed by atoms with Crippen LogP contribution in [0.1, 0.15) is 28.3 Å². The van der Waals surface area contributed by atoms with Gasteiger partial charge in [-0.1, -0.05) is 35.3 Å². The molecule has 1 unspecified atom stereocenters. The van der Waals surface area contributed by atoms with Gasteiger partial charge in [-0.3, -0.25) is 0 Å². The monoisotopic (exact) mass is 303 g/mol. The van der Waals surface area contributed by atoms with Gasteiger partial charge in [-0.25, -0.2) is 4.39 Å². The van der Waals surface area contributed by atoms with E-state index in [-0.39, 0.29) is 11.9 Å². The third-order valence-electron chi connectivity index (χ3n) is 2.84. The standard InChI is InChI=1S/C13H12Cl2FNS/c1-6-3-8(4-7(2)11(6)16)12(17)9-5-10(14)18-13(9)15/h3-5,12H,17H2,1-2H3. The Morgan fingerprint density at radius 1 is 1.17 bits per heavy atom. The summed E-state index contributed by atoms with van der Waals surface area (Å²) in [5.74, 6) is -0.194. The number of hydrogen-bond donors (Lipinski definition) is 1. The molecule has 1 atom stereocenters. The van der Waals surface area contributed by atoms with Crippen LogP contribution < -0.4 is 5.73 Å². The van der Waals surface area contributed by atoms with Gasteiger partial charge < -0.3 is 5.73 Å². The second-order valence-electron chi connectivity index (χ2n) is 4.23. The Morgan fingerprint density at radius 2 is 1.72 bits per heavy atom. The maximum atomic E-state index is 13.6. The van der Waals surface area contributed by atoms with Gasteiger partial charge in [-0.15, -0.1) is 11.3 Å². The zero-order chi connectivity index (χ0) is 13.4. The lowest BCUT2D eigenvalue weighted by atomic mass is 9.98. The summed E-state index contributed by atoms with van der Waals surface area (Å²) in [6.45, 7) is 3.45. The van der Waals surface area contributed by atoms with Crippen molar-refractivity contribution < 1.29 is 4.39 Å². The van der Waals surface area contributed by atoms with Crippen molar-refractivity contribution in [2.75, 3.05) is 0 Å². The smallest absolute Gasteiger partial charge is 0.129 e. The van der Waals surface area contributed by atoms with E-state index in [1.807, 2.05) is 0 Å². The molecule has 1 nitrogen and oxygen atoms in total. The highest BCUT2D eigenvalue weighted by Crippen LogP contribution is 2.36. The molecule has 2 aromatic rings. The number of hydrogen-bond acceptors (Lipinski definition) is 2. The Kier molecular flexibility index (Phi) is 3.97. The molecule has 0 aliphatic carbocycles. The Morgan fingerprint density at radius 3 is 2.17 bits per heavy atom. The Hall–Kier alpha value is -0.610. The van der Waals surface area contributed by atoms with Gasteiger partial charge in [-0.2, -0.15) is 0 Å². The highest BCUT2D eigenvalue weighted by atomic mass is 35.5. The van der Waals surface area contributed by atoms with Crippen molar-refractivity contribution in [1.82, 2.24) is 0 Å². The molecule has 0 spiro atoms. The summed E-state index contributed by atoms with van der Waals surface area (Å²) in [4.78, 5) is 0. The van der Waals surface area contributed by atoms with Crippen LogP contribution in [0.15, 0.2) is 18.2 Å². The van der Waals surface area contributed by atoms with Crippen LogP contribution in [-0.2, 0) is 0 Å². The molecule has 0 saturated carbocycles. The first-order valence-electron chi connectivity index (χ1n) is 5.37. The fourth-order valence-corrected chi connectivity index (χ4v) is 3.45. The lowest BCUT2D eigenvalue weighted by Gasteiger charge is -2.14. The first-order chi connectivity index (χ1) is 8.40. The molecule has 1 aromatic heterocycles. The zero-order valence-corrected chi connectivity index (χ0v) is 12.3. The number of nitrogens with two attached hydrogens (primary N) is 1. The van der Waals surface area contributed by atoms with E-state index in [4.69, 9.17) is 28.9 Å². The minimum absolute atomic E-state index is 0.194. The van der Waals surface area contributed by atoms with Crippen molar-refractivity contribution >= 4 is 34.5 Å². The first kappa shape index (κ1) is 13.8. The average Bonchev–Trinajstić information content (AvgIpc) is 2.63. The second-order valence-corrected chi connectivity index (χ2v) is 6.51. The van der Waals surface area contributed by atoms with Crippen molar-refractivity contribution in [1.29, 1.82) is 0 Å². The summed E-state index contributed by atoms with van der Waals surface area (Å²) in [7, 11) is 0. The molecule has 0 saturated heterocycles. The molecule has 96 valence electrons. The summed E-state index contributed by atoms with van der Waals surface area (Å²) in [5.41, 5.74) is 8.93. The summed E-state index contributed by atoms with van der Waals surface area (Å²) >= 11 is 13.3. The lowest BCUT2D eigenvalue weighted by molar-refractivity contribution is 0.607. The fourth-order valence-electron chi connectivity index (χ4n) is 1.90. The van der Waals surface area contributed by atoms with Gasteiger partial charge in [0.2, 0.25) is 0 Å². The molecule has 1 aromatic carbocycles. The Labute approximate surface area is 119 Å². The van der Waals surface area contributed by atoms with E-state index < -0.39 is 0 Å². The fraction of sp³-hybridized carbons (Fsp3) is 0.231. The van der Waals surface area contributed by atoms with Crippen LogP contribution in [0.5, 0.6) is 0 Å². The van der Waals surface area contributed by atoms with Crippen LogP contribution >= 0.6 is 34.5 Å². The predicted molar refractivity (Wildman–Crippen MR) is 76.2 cm³/mol. The van der Waals surface area contributed by atoms with E-state index >= 15 is 0 Å². The van der Waals surface area contributed by atoms with Crippen molar-refractivity contribution in [2.24, 2.45) is 5.73 Å². The van der Waals surface area contributed by atoms with Crippen LogP contribution in [-0.4, -0.2) is 0 Å². The summed E-state index contributed by atoms with van der Waals surface area (Å²) in [6.07, 6.45) is 0. The van der Waals surface area contributed by atoms with Crippen molar-refractivity contribution in [3.8, 4) is 0 Å². The van der Waals surface area contributed by atoms with Crippen LogP contribution in [0.2, 0.25) is 8.67 Å². The van der Waals surface area contributed by atoms with Crippen LogP contribution in [0.25, 0.3) is 0 Å². The van der Waals surface area contributed by atoms with E-state index in [1.54, 1.807) is 32.0 Å². The third-order valence-corrected chi connectivity index (χ3v) is 4.35.